The van der Waals surface area contributed by atoms with Crippen molar-refractivity contribution in [2.75, 3.05) is 12.8 Å². The normalized spacial score (nSPS) is 13.8. The van der Waals surface area contributed by atoms with E-state index in [1.54, 1.807) is 0 Å². The highest BCUT2D eigenvalue weighted by Crippen LogP contribution is 2.17. The molecule has 0 fully saturated rings. The maximum absolute atomic E-state index is 9.02. The van der Waals surface area contributed by atoms with E-state index in [1.165, 1.54) is 17.7 Å². The molecule has 0 aliphatic carbocycles. The predicted molar refractivity (Wildman–Crippen MR) is 79.5 cm³/mol. The second kappa shape index (κ2) is 8.18. The molecule has 0 radical (unpaired) electrons. The summed E-state index contributed by atoms with van der Waals surface area (Å²) in [5, 5.41) is 12.1. The van der Waals surface area contributed by atoms with Crippen molar-refractivity contribution in [2.24, 2.45) is 0 Å². The van der Waals surface area contributed by atoms with Gasteiger partial charge in [0.1, 0.15) is 5.54 Å². The molecule has 0 saturated heterocycles. The third-order valence-electron chi connectivity index (χ3n) is 3.13. The summed E-state index contributed by atoms with van der Waals surface area (Å²) in [6.07, 6.45) is 3.20. The summed E-state index contributed by atoms with van der Waals surface area (Å²) >= 11 is 1.97. The molecule has 0 spiro atoms. The zero-order valence-corrected chi connectivity index (χ0v) is 12.1. The molecule has 2 nitrogen and oxygen atoms in total. The lowest BCUT2D eigenvalue weighted by molar-refractivity contribution is 0.439. The van der Waals surface area contributed by atoms with E-state index in [1.807, 2.05) is 25.7 Å². The minimum atomic E-state index is -0.357. The number of hydrogen-bond donors (Lipinski definition) is 1. The number of nitrogens with zero attached hydrogens (tertiary/aromatic N) is 1. The second-order valence-electron chi connectivity index (χ2n) is 4.69. The first-order valence-corrected chi connectivity index (χ1v) is 7.57. The molecule has 18 heavy (non-hydrogen) atoms. The lowest BCUT2D eigenvalue weighted by atomic mass is 9.97. The van der Waals surface area contributed by atoms with Gasteiger partial charge in [-0.25, -0.2) is 0 Å². The van der Waals surface area contributed by atoms with Gasteiger partial charge in [0.25, 0.3) is 0 Å². The van der Waals surface area contributed by atoms with E-state index in [2.05, 4.69) is 41.7 Å². The van der Waals surface area contributed by atoms with Gasteiger partial charge in [0.2, 0.25) is 0 Å². The number of nitriles is 1. The van der Waals surface area contributed by atoms with Crippen molar-refractivity contribution >= 4 is 11.8 Å². The van der Waals surface area contributed by atoms with Crippen LogP contribution in [0.4, 0.5) is 0 Å². The molecular weight excluding hydrogens is 240 g/mol. The van der Waals surface area contributed by atoms with Crippen molar-refractivity contribution in [3.63, 3.8) is 0 Å². The van der Waals surface area contributed by atoms with E-state index in [-0.39, 0.29) is 5.54 Å². The van der Waals surface area contributed by atoms with E-state index in [4.69, 9.17) is 5.26 Å². The summed E-state index contributed by atoms with van der Waals surface area (Å²) in [4.78, 5) is 0. The van der Waals surface area contributed by atoms with E-state index in [9.17, 15) is 0 Å². The van der Waals surface area contributed by atoms with Gasteiger partial charge in [-0.3, -0.25) is 0 Å². The van der Waals surface area contributed by atoms with Crippen LogP contribution in [-0.4, -0.2) is 18.3 Å². The van der Waals surface area contributed by atoms with E-state index < -0.39 is 0 Å². The lowest BCUT2D eigenvalue weighted by Crippen LogP contribution is -2.37. The van der Waals surface area contributed by atoms with Crippen LogP contribution in [-0.2, 0) is 5.75 Å². The summed E-state index contributed by atoms with van der Waals surface area (Å²) in [6, 6.07) is 12.9. The molecule has 0 aromatic heterocycles. The summed E-state index contributed by atoms with van der Waals surface area (Å²) in [7, 11) is 1.85. The Labute approximate surface area is 115 Å². The Morgan fingerprint density at radius 3 is 2.61 bits per heavy atom. The third kappa shape index (κ3) is 5.57. The molecular formula is C15H22N2S. The van der Waals surface area contributed by atoms with Crippen LogP contribution in [0.3, 0.4) is 0 Å². The Morgan fingerprint density at radius 2 is 2.00 bits per heavy atom. The van der Waals surface area contributed by atoms with Crippen LogP contribution in [0.1, 0.15) is 31.7 Å². The molecule has 1 N–H and O–H groups in total. The molecule has 0 amide bonds. The molecule has 1 rings (SSSR count). The molecule has 98 valence electrons. The Balaban J connectivity index is 2.08. The van der Waals surface area contributed by atoms with Crippen molar-refractivity contribution in [1.82, 2.24) is 5.32 Å². The molecule has 0 saturated carbocycles. The van der Waals surface area contributed by atoms with E-state index >= 15 is 0 Å². The standard InChI is InChI=1S/C15H22N2S/c1-15(13-16,17-2)10-6-7-11-18-12-14-8-4-3-5-9-14/h3-5,8-9,17H,6-7,10-12H2,1-2H3. The summed E-state index contributed by atoms with van der Waals surface area (Å²) < 4.78 is 0. The first-order chi connectivity index (χ1) is 8.70. The van der Waals surface area contributed by atoms with Crippen LogP contribution in [0.15, 0.2) is 30.3 Å². The van der Waals surface area contributed by atoms with Crippen LogP contribution >= 0.6 is 11.8 Å². The molecule has 0 aliphatic heterocycles. The molecule has 0 heterocycles. The molecule has 1 aromatic rings. The molecule has 1 aromatic carbocycles. The number of rotatable bonds is 8. The Morgan fingerprint density at radius 1 is 1.28 bits per heavy atom. The highest BCUT2D eigenvalue weighted by atomic mass is 32.2. The van der Waals surface area contributed by atoms with Gasteiger partial charge in [-0.15, -0.1) is 0 Å². The summed E-state index contributed by atoms with van der Waals surface area (Å²) in [5.74, 6) is 2.25. The molecule has 0 aliphatic rings. The van der Waals surface area contributed by atoms with E-state index in [0.717, 1.165) is 18.6 Å². The molecule has 3 heteroatoms. The van der Waals surface area contributed by atoms with E-state index in [0.29, 0.717) is 0 Å². The Bertz CT molecular complexity index is 372. The van der Waals surface area contributed by atoms with Crippen LogP contribution in [0.2, 0.25) is 0 Å². The summed E-state index contributed by atoms with van der Waals surface area (Å²) in [6.45, 7) is 1.96. The minimum absolute atomic E-state index is 0.357. The van der Waals surface area contributed by atoms with Gasteiger partial charge in [-0.1, -0.05) is 30.3 Å². The third-order valence-corrected chi connectivity index (χ3v) is 4.24. The predicted octanol–water partition coefficient (Wildman–Crippen LogP) is 3.59. The van der Waals surface area contributed by atoms with Gasteiger partial charge in [0.15, 0.2) is 0 Å². The van der Waals surface area contributed by atoms with Gasteiger partial charge < -0.3 is 5.32 Å². The average Bonchev–Trinajstić information content (AvgIpc) is 2.43. The number of nitrogens with one attached hydrogen (secondary N) is 1. The minimum Gasteiger partial charge on any atom is -0.303 e. The number of unbranched alkanes of at least 4 members (excludes halogenated alkanes) is 1. The Kier molecular flexibility index (Phi) is 6.85. The van der Waals surface area contributed by atoms with Gasteiger partial charge in [-0.05, 0) is 44.6 Å². The van der Waals surface area contributed by atoms with Gasteiger partial charge in [0, 0.05) is 5.75 Å². The van der Waals surface area contributed by atoms with Crippen molar-refractivity contribution in [3.8, 4) is 6.07 Å². The van der Waals surface area contributed by atoms with Crippen molar-refractivity contribution in [3.05, 3.63) is 35.9 Å². The SMILES string of the molecule is CNC(C)(C#N)CCCCSCc1ccccc1. The zero-order valence-electron chi connectivity index (χ0n) is 11.3. The fraction of sp³-hybridized carbons (Fsp3) is 0.533. The molecule has 1 unspecified atom stereocenters. The van der Waals surface area contributed by atoms with Crippen LogP contribution in [0.5, 0.6) is 0 Å². The smallest absolute Gasteiger partial charge is 0.103 e. The summed E-state index contributed by atoms with van der Waals surface area (Å²) in [5.41, 5.74) is 1.03. The van der Waals surface area contributed by atoms with Crippen molar-refractivity contribution in [2.45, 2.75) is 37.5 Å². The Hall–Kier alpha value is -0.980. The first kappa shape index (κ1) is 15.1. The fourth-order valence-corrected chi connectivity index (χ4v) is 2.66. The quantitative estimate of drug-likeness (QED) is 0.727. The molecule has 0 bridgehead atoms. The number of benzene rings is 1. The molecule has 1 atom stereocenters. The topological polar surface area (TPSA) is 35.8 Å². The van der Waals surface area contributed by atoms with Gasteiger partial charge in [-0.2, -0.15) is 17.0 Å². The van der Waals surface area contributed by atoms with Gasteiger partial charge in [0.05, 0.1) is 6.07 Å². The van der Waals surface area contributed by atoms with Gasteiger partial charge >= 0.3 is 0 Å². The van der Waals surface area contributed by atoms with Crippen molar-refractivity contribution in [1.29, 1.82) is 5.26 Å². The number of hydrogen-bond acceptors (Lipinski definition) is 3. The van der Waals surface area contributed by atoms with Crippen LogP contribution in [0, 0.1) is 11.3 Å². The second-order valence-corrected chi connectivity index (χ2v) is 5.79. The fourth-order valence-electron chi connectivity index (χ4n) is 1.68. The van der Waals surface area contributed by atoms with Crippen molar-refractivity contribution < 1.29 is 0 Å². The lowest BCUT2D eigenvalue weighted by Gasteiger charge is -2.20. The van der Waals surface area contributed by atoms with Crippen LogP contribution in [0.25, 0.3) is 0 Å². The maximum Gasteiger partial charge on any atom is 0.103 e. The highest BCUT2D eigenvalue weighted by Gasteiger charge is 2.19. The average molecular weight is 262 g/mol. The highest BCUT2D eigenvalue weighted by molar-refractivity contribution is 7.98. The zero-order chi connectivity index (χ0) is 13.3. The monoisotopic (exact) mass is 262 g/mol. The number of thioether (sulfide) groups is 1. The largest absolute Gasteiger partial charge is 0.303 e. The van der Waals surface area contributed by atoms with Crippen LogP contribution < -0.4 is 5.32 Å². The maximum atomic E-state index is 9.02. The first-order valence-electron chi connectivity index (χ1n) is 6.42.